The van der Waals surface area contributed by atoms with Gasteiger partial charge in [0, 0.05) is 6.04 Å². The molecule has 0 aliphatic heterocycles. The highest BCUT2D eigenvalue weighted by atomic mass is 15.1. The van der Waals surface area contributed by atoms with Gasteiger partial charge in [0.25, 0.3) is 0 Å². The minimum atomic E-state index is 0.544. The normalized spacial score (nSPS) is 25.3. The second-order valence-electron chi connectivity index (χ2n) is 4.69. The molecule has 0 fully saturated rings. The fourth-order valence-electron chi connectivity index (χ4n) is 2.53. The van der Waals surface area contributed by atoms with E-state index in [1.165, 1.54) is 24.0 Å². The first-order valence-electron chi connectivity index (χ1n) is 5.66. The maximum atomic E-state index is 5.86. The SMILES string of the molecule is CN(C)C1Cc2ccccc2C(CN)C1. The number of benzene rings is 1. The van der Waals surface area contributed by atoms with Crippen LogP contribution in [0.15, 0.2) is 24.3 Å². The highest BCUT2D eigenvalue weighted by Gasteiger charge is 2.26. The predicted molar refractivity (Wildman–Crippen MR) is 64.0 cm³/mol. The molecule has 2 heteroatoms. The van der Waals surface area contributed by atoms with Crippen LogP contribution in [0.1, 0.15) is 23.5 Å². The quantitative estimate of drug-likeness (QED) is 0.793. The summed E-state index contributed by atoms with van der Waals surface area (Å²) in [6.07, 6.45) is 2.36. The van der Waals surface area contributed by atoms with Crippen LogP contribution in [0.2, 0.25) is 0 Å². The zero-order chi connectivity index (χ0) is 10.8. The molecule has 0 aromatic heterocycles. The van der Waals surface area contributed by atoms with Crippen LogP contribution in [-0.4, -0.2) is 31.6 Å². The number of hydrogen-bond acceptors (Lipinski definition) is 2. The van der Waals surface area contributed by atoms with Crippen LogP contribution in [0.25, 0.3) is 0 Å². The minimum absolute atomic E-state index is 0.544. The average molecular weight is 204 g/mol. The molecule has 0 radical (unpaired) electrons. The van der Waals surface area contributed by atoms with Crippen molar-refractivity contribution in [2.45, 2.75) is 24.8 Å². The first kappa shape index (κ1) is 10.7. The minimum Gasteiger partial charge on any atom is -0.330 e. The van der Waals surface area contributed by atoms with Gasteiger partial charge in [-0.1, -0.05) is 24.3 Å². The van der Waals surface area contributed by atoms with E-state index in [0.717, 1.165) is 6.54 Å². The van der Waals surface area contributed by atoms with Gasteiger partial charge in [-0.25, -0.2) is 0 Å². The van der Waals surface area contributed by atoms with Gasteiger partial charge in [-0.15, -0.1) is 0 Å². The van der Waals surface area contributed by atoms with Crippen molar-refractivity contribution in [3.63, 3.8) is 0 Å². The lowest BCUT2D eigenvalue weighted by Gasteiger charge is -2.34. The van der Waals surface area contributed by atoms with E-state index in [-0.39, 0.29) is 0 Å². The van der Waals surface area contributed by atoms with E-state index in [1.54, 1.807) is 0 Å². The van der Waals surface area contributed by atoms with Gasteiger partial charge in [0.2, 0.25) is 0 Å². The van der Waals surface area contributed by atoms with Crippen molar-refractivity contribution in [1.29, 1.82) is 0 Å². The first-order valence-corrected chi connectivity index (χ1v) is 5.66. The molecule has 0 heterocycles. The molecule has 1 aliphatic carbocycles. The second kappa shape index (κ2) is 4.33. The number of fused-ring (bicyclic) bond motifs is 1. The van der Waals surface area contributed by atoms with E-state index in [9.17, 15) is 0 Å². The number of nitrogens with zero attached hydrogens (tertiary/aromatic N) is 1. The van der Waals surface area contributed by atoms with Gasteiger partial charge < -0.3 is 10.6 Å². The second-order valence-corrected chi connectivity index (χ2v) is 4.69. The molecule has 0 spiro atoms. The first-order chi connectivity index (χ1) is 7.22. The van der Waals surface area contributed by atoms with Crippen molar-refractivity contribution in [2.24, 2.45) is 5.73 Å². The molecule has 82 valence electrons. The Morgan fingerprint density at radius 2 is 2.07 bits per heavy atom. The van der Waals surface area contributed by atoms with Gasteiger partial charge in [0.05, 0.1) is 0 Å². The van der Waals surface area contributed by atoms with Crippen LogP contribution in [0.5, 0.6) is 0 Å². The molecule has 0 saturated heterocycles. The van der Waals surface area contributed by atoms with E-state index in [4.69, 9.17) is 5.73 Å². The molecule has 15 heavy (non-hydrogen) atoms. The van der Waals surface area contributed by atoms with Crippen LogP contribution in [0.3, 0.4) is 0 Å². The lowest BCUT2D eigenvalue weighted by molar-refractivity contribution is 0.251. The van der Waals surface area contributed by atoms with Crippen LogP contribution in [0.4, 0.5) is 0 Å². The highest BCUT2D eigenvalue weighted by Crippen LogP contribution is 2.32. The molecule has 1 aromatic carbocycles. The average Bonchev–Trinajstić information content (AvgIpc) is 2.27. The Morgan fingerprint density at radius 3 is 2.73 bits per heavy atom. The summed E-state index contributed by atoms with van der Waals surface area (Å²) in [5.41, 5.74) is 8.82. The Hall–Kier alpha value is -0.860. The van der Waals surface area contributed by atoms with Crippen molar-refractivity contribution in [3.8, 4) is 0 Å². The summed E-state index contributed by atoms with van der Waals surface area (Å²) in [6, 6.07) is 9.38. The molecule has 2 N–H and O–H groups in total. The highest BCUT2D eigenvalue weighted by molar-refractivity contribution is 5.34. The standard InChI is InChI=1S/C13H20N2/c1-15(2)12-7-10-5-3-4-6-13(10)11(8-12)9-14/h3-6,11-12H,7-9,14H2,1-2H3. The molecule has 2 nitrogen and oxygen atoms in total. The van der Waals surface area contributed by atoms with Crippen molar-refractivity contribution in [1.82, 2.24) is 4.90 Å². The fourth-order valence-corrected chi connectivity index (χ4v) is 2.53. The molecule has 2 rings (SSSR count). The largest absolute Gasteiger partial charge is 0.330 e. The monoisotopic (exact) mass is 204 g/mol. The topological polar surface area (TPSA) is 29.3 Å². The van der Waals surface area contributed by atoms with Crippen molar-refractivity contribution in [2.75, 3.05) is 20.6 Å². The number of rotatable bonds is 2. The summed E-state index contributed by atoms with van der Waals surface area (Å²) in [4.78, 5) is 2.32. The Labute approximate surface area is 92.1 Å². The maximum Gasteiger partial charge on any atom is 0.0136 e. The number of hydrogen-bond donors (Lipinski definition) is 1. The summed E-state index contributed by atoms with van der Waals surface area (Å²) < 4.78 is 0. The Kier molecular flexibility index (Phi) is 3.08. The molecule has 1 aliphatic rings. The van der Waals surface area contributed by atoms with Gasteiger partial charge in [0.1, 0.15) is 0 Å². The summed E-state index contributed by atoms with van der Waals surface area (Å²) in [5.74, 6) is 0.544. The smallest absolute Gasteiger partial charge is 0.0136 e. The summed E-state index contributed by atoms with van der Waals surface area (Å²) in [7, 11) is 4.32. The van der Waals surface area contributed by atoms with Crippen molar-refractivity contribution in [3.05, 3.63) is 35.4 Å². The third kappa shape index (κ3) is 2.06. The van der Waals surface area contributed by atoms with E-state index in [1.807, 2.05) is 0 Å². The zero-order valence-corrected chi connectivity index (χ0v) is 9.61. The third-order valence-corrected chi connectivity index (χ3v) is 3.52. The van der Waals surface area contributed by atoms with Crippen LogP contribution in [-0.2, 0) is 6.42 Å². The molecule has 0 amide bonds. The molecule has 2 unspecified atom stereocenters. The van der Waals surface area contributed by atoms with Crippen LogP contribution < -0.4 is 5.73 Å². The molecule has 0 saturated carbocycles. The Balaban J connectivity index is 2.30. The lowest BCUT2D eigenvalue weighted by Crippen LogP contribution is -2.37. The van der Waals surface area contributed by atoms with Gasteiger partial charge in [0.15, 0.2) is 0 Å². The van der Waals surface area contributed by atoms with Gasteiger partial charge >= 0.3 is 0 Å². The zero-order valence-electron chi connectivity index (χ0n) is 9.61. The van der Waals surface area contributed by atoms with E-state index >= 15 is 0 Å². The van der Waals surface area contributed by atoms with Crippen molar-refractivity contribution >= 4 is 0 Å². The van der Waals surface area contributed by atoms with Crippen LogP contribution >= 0.6 is 0 Å². The van der Waals surface area contributed by atoms with E-state index in [2.05, 4.69) is 43.3 Å². The third-order valence-electron chi connectivity index (χ3n) is 3.52. The van der Waals surface area contributed by atoms with E-state index in [0.29, 0.717) is 12.0 Å². The van der Waals surface area contributed by atoms with Gasteiger partial charge in [-0.05, 0) is 50.5 Å². The summed E-state index contributed by atoms with van der Waals surface area (Å²) in [6.45, 7) is 0.765. The fraction of sp³-hybridized carbons (Fsp3) is 0.538. The lowest BCUT2D eigenvalue weighted by atomic mass is 9.80. The maximum absolute atomic E-state index is 5.86. The Bertz CT molecular complexity index is 333. The molecular formula is C13H20N2. The summed E-state index contributed by atoms with van der Waals surface area (Å²) >= 11 is 0. The van der Waals surface area contributed by atoms with Crippen molar-refractivity contribution < 1.29 is 0 Å². The van der Waals surface area contributed by atoms with Gasteiger partial charge in [-0.2, -0.15) is 0 Å². The molecule has 1 aromatic rings. The summed E-state index contributed by atoms with van der Waals surface area (Å²) in [5, 5.41) is 0. The van der Waals surface area contributed by atoms with E-state index < -0.39 is 0 Å². The number of nitrogens with two attached hydrogens (primary N) is 1. The van der Waals surface area contributed by atoms with Crippen LogP contribution in [0, 0.1) is 0 Å². The van der Waals surface area contributed by atoms with Gasteiger partial charge in [-0.3, -0.25) is 0 Å². The predicted octanol–water partition coefficient (Wildman–Crippen LogP) is 1.61. The molecule has 0 bridgehead atoms. The molecular weight excluding hydrogens is 184 g/mol. The molecule has 2 atom stereocenters. The Morgan fingerprint density at radius 1 is 1.33 bits per heavy atom. The number of likely N-dealkylation sites (N-methyl/N-ethyl adjacent to an activating group) is 1.